The molecule has 0 unspecified atom stereocenters. The summed E-state index contributed by atoms with van der Waals surface area (Å²) in [5.74, 6) is 0.646. The normalized spacial score (nSPS) is 10.9. The molecule has 2 amide bonds. The van der Waals surface area contributed by atoms with E-state index >= 15 is 0 Å². The van der Waals surface area contributed by atoms with Crippen molar-refractivity contribution in [1.29, 1.82) is 0 Å². The van der Waals surface area contributed by atoms with Crippen LogP contribution in [0.25, 0.3) is 0 Å². The third-order valence-corrected chi connectivity index (χ3v) is 4.64. The fourth-order valence-electron chi connectivity index (χ4n) is 3.01. The molecular weight excluding hydrogens is 451 g/mol. The monoisotopic (exact) mass is 473 g/mol. The van der Waals surface area contributed by atoms with E-state index in [2.05, 4.69) is 20.4 Å². The Hall–Kier alpha value is -4.08. The van der Waals surface area contributed by atoms with Crippen molar-refractivity contribution in [2.45, 2.75) is 25.6 Å². The summed E-state index contributed by atoms with van der Waals surface area (Å²) in [4.78, 5) is 27.6. The largest absolute Gasteiger partial charge is 0.457 e. The predicted molar refractivity (Wildman–Crippen MR) is 118 cm³/mol. The highest BCUT2D eigenvalue weighted by Gasteiger charge is 2.30. The van der Waals surface area contributed by atoms with Gasteiger partial charge in [0, 0.05) is 24.4 Å². The van der Waals surface area contributed by atoms with Crippen LogP contribution in [0.3, 0.4) is 0 Å². The number of nitrogens with one attached hydrogen (secondary N) is 2. The van der Waals surface area contributed by atoms with Crippen molar-refractivity contribution in [1.82, 2.24) is 10.3 Å². The molecule has 0 spiro atoms. The number of nitrogens with zero attached hydrogens (tertiary/aromatic N) is 1. The number of aryl methyl sites for hydroxylation is 1. The molecule has 0 aliphatic heterocycles. The number of halogens is 3. The Balaban J connectivity index is 1.56. The highest BCUT2D eigenvalue weighted by molar-refractivity contribution is 5.90. The standard InChI is InChI=1S/C24H22F3N3O4/c1-33-23(32)29-15-19-14-21(10-11-28-19)34-20-7-2-4-16(12-20)8-9-22(31)30-18-6-3-5-17(13-18)24(25,26)27/h2-7,10-14H,8-9,15H2,1H3,(H,29,32)(H,30,31). The number of methoxy groups -OCH3 is 1. The number of amides is 2. The average molecular weight is 473 g/mol. The van der Waals surface area contributed by atoms with E-state index in [4.69, 9.17) is 4.74 Å². The molecule has 0 aliphatic rings. The first-order valence-electron chi connectivity index (χ1n) is 10.2. The van der Waals surface area contributed by atoms with Crippen molar-refractivity contribution in [2.75, 3.05) is 12.4 Å². The average Bonchev–Trinajstić information content (AvgIpc) is 2.81. The Labute approximate surface area is 193 Å². The van der Waals surface area contributed by atoms with E-state index in [0.29, 0.717) is 23.6 Å². The molecule has 178 valence electrons. The van der Waals surface area contributed by atoms with Gasteiger partial charge in [0.25, 0.3) is 0 Å². The van der Waals surface area contributed by atoms with Crippen LogP contribution in [0.15, 0.2) is 66.9 Å². The van der Waals surface area contributed by atoms with Crippen molar-refractivity contribution in [3.8, 4) is 11.5 Å². The first-order valence-corrected chi connectivity index (χ1v) is 10.2. The molecule has 3 rings (SSSR count). The van der Waals surface area contributed by atoms with Crippen molar-refractivity contribution >= 4 is 17.7 Å². The zero-order valence-electron chi connectivity index (χ0n) is 18.2. The molecule has 10 heteroatoms. The number of carbonyl (C=O) groups excluding carboxylic acids is 2. The van der Waals surface area contributed by atoms with Gasteiger partial charge in [-0.05, 0) is 48.4 Å². The van der Waals surface area contributed by atoms with Crippen LogP contribution in [0.2, 0.25) is 0 Å². The first-order chi connectivity index (χ1) is 16.2. The SMILES string of the molecule is COC(=O)NCc1cc(Oc2cccc(CCC(=O)Nc3cccc(C(F)(F)F)c3)c2)ccn1. The van der Waals surface area contributed by atoms with E-state index in [1.165, 1.54) is 19.2 Å². The van der Waals surface area contributed by atoms with E-state index in [-0.39, 0.29) is 18.7 Å². The van der Waals surface area contributed by atoms with Crippen LogP contribution < -0.4 is 15.4 Å². The molecule has 0 saturated heterocycles. The van der Waals surface area contributed by atoms with Crippen LogP contribution >= 0.6 is 0 Å². The van der Waals surface area contributed by atoms with Crippen LogP contribution in [0.4, 0.5) is 23.7 Å². The summed E-state index contributed by atoms with van der Waals surface area (Å²) in [6, 6.07) is 14.9. The van der Waals surface area contributed by atoms with Gasteiger partial charge in [0.2, 0.25) is 5.91 Å². The second kappa shape index (κ2) is 11.2. The van der Waals surface area contributed by atoms with Gasteiger partial charge in [-0.2, -0.15) is 13.2 Å². The number of carbonyl (C=O) groups is 2. The number of aromatic nitrogens is 1. The van der Waals surface area contributed by atoms with Crippen LogP contribution in [0.1, 0.15) is 23.2 Å². The number of benzene rings is 2. The Morgan fingerprint density at radius 1 is 1.00 bits per heavy atom. The summed E-state index contributed by atoms with van der Waals surface area (Å²) in [7, 11) is 1.27. The van der Waals surface area contributed by atoms with Gasteiger partial charge in [-0.3, -0.25) is 9.78 Å². The minimum absolute atomic E-state index is 0.0816. The maximum atomic E-state index is 12.8. The number of hydrogen-bond donors (Lipinski definition) is 2. The molecule has 2 N–H and O–H groups in total. The number of rotatable bonds is 8. The fraction of sp³-hybridized carbons (Fsp3) is 0.208. The van der Waals surface area contributed by atoms with Gasteiger partial charge in [-0.25, -0.2) is 4.79 Å². The molecule has 0 atom stereocenters. The van der Waals surface area contributed by atoms with E-state index in [0.717, 1.165) is 17.7 Å². The van der Waals surface area contributed by atoms with E-state index in [9.17, 15) is 22.8 Å². The molecule has 0 bridgehead atoms. The minimum atomic E-state index is -4.48. The Morgan fingerprint density at radius 3 is 2.53 bits per heavy atom. The molecule has 0 radical (unpaired) electrons. The second-order valence-corrected chi connectivity index (χ2v) is 7.20. The van der Waals surface area contributed by atoms with Crippen molar-refractivity contribution < 1.29 is 32.2 Å². The van der Waals surface area contributed by atoms with Crippen molar-refractivity contribution in [3.63, 3.8) is 0 Å². The van der Waals surface area contributed by atoms with Crippen LogP contribution in [-0.4, -0.2) is 24.1 Å². The highest BCUT2D eigenvalue weighted by atomic mass is 19.4. The zero-order valence-corrected chi connectivity index (χ0v) is 18.2. The van der Waals surface area contributed by atoms with Crippen LogP contribution in [0, 0.1) is 0 Å². The summed E-state index contributed by atoms with van der Waals surface area (Å²) >= 11 is 0. The summed E-state index contributed by atoms with van der Waals surface area (Å²) in [5.41, 5.74) is 0.659. The van der Waals surface area contributed by atoms with E-state index in [1.807, 2.05) is 6.07 Å². The van der Waals surface area contributed by atoms with Gasteiger partial charge in [0.15, 0.2) is 0 Å². The fourth-order valence-corrected chi connectivity index (χ4v) is 3.01. The molecule has 1 heterocycles. The number of alkyl carbamates (subject to hydrolysis) is 1. The summed E-state index contributed by atoms with van der Waals surface area (Å²) in [6.07, 6.45) is -3.05. The molecule has 7 nitrogen and oxygen atoms in total. The van der Waals surface area contributed by atoms with Crippen LogP contribution in [0.5, 0.6) is 11.5 Å². The lowest BCUT2D eigenvalue weighted by Gasteiger charge is -2.11. The quantitative estimate of drug-likeness (QED) is 0.462. The number of hydrogen-bond acceptors (Lipinski definition) is 5. The van der Waals surface area contributed by atoms with Gasteiger partial charge in [-0.15, -0.1) is 0 Å². The predicted octanol–water partition coefficient (Wildman–Crippen LogP) is 5.32. The van der Waals surface area contributed by atoms with Gasteiger partial charge in [0.05, 0.1) is 24.9 Å². The Kier molecular flexibility index (Phi) is 8.07. The lowest BCUT2D eigenvalue weighted by atomic mass is 10.1. The van der Waals surface area contributed by atoms with Crippen LogP contribution in [-0.2, 0) is 28.7 Å². The lowest BCUT2D eigenvalue weighted by molar-refractivity contribution is -0.137. The Bertz CT molecular complexity index is 1150. The molecule has 2 aromatic carbocycles. The summed E-state index contributed by atoms with van der Waals surface area (Å²) in [6.45, 7) is 0.172. The van der Waals surface area contributed by atoms with Gasteiger partial charge >= 0.3 is 12.3 Å². The molecule has 0 fully saturated rings. The number of anilines is 1. The minimum Gasteiger partial charge on any atom is -0.457 e. The van der Waals surface area contributed by atoms with Gasteiger partial charge in [-0.1, -0.05) is 18.2 Å². The maximum absolute atomic E-state index is 12.8. The first kappa shape index (κ1) is 24.6. The summed E-state index contributed by atoms with van der Waals surface area (Å²) < 4.78 is 48.8. The molecule has 3 aromatic rings. The number of ether oxygens (including phenoxy) is 2. The molecule has 34 heavy (non-hydrogen) atoms. The van der Waals surface area contributed by atoms with Crippen molar-refractivity contribution in [2.24, 2.45) is 0 Å². The molecule has 0 saturated carbocycles. The lowest BCUT2D eigenvalue weighted by Crippen LogP contribution is -2.22. The molecular formula is C24H22F3N3O4. The smallest absolute Gasteiger partial charge is 0.416 e. The third kappa shape index (κ3) is 7.51. The van der Waals surface area contributed by atoms with E-state index < -0.39 is 23.7 Å². The van der Waals surface area contributed by atoms with Crippen molar-refractivity contribution in [3.05, 3.63) is 83.7 Å². The maximum Gasteiger partial charge on any atom is 0.416 e. The Morgan fingerprint density at radius 2 is 1.76 bits per heavy atom. The third-order valence-electron chi connectivity index (χ3n) is 4.64. The highest BCUT2D eigenvalue weighted by Crippen LogP contribution is 2.30. The second-order valence-electron chi connectivity index (χ2n) is 7.20. The molecule has 0 aliphatic carbocycles. The van der Waals surface area contributed by atoms with E-state index in [1.54, 1.807) is 36.5 Å². The summed E-state index contributed by atoms with van der Waals surface area (Å²) in [5, 5.41) is 5.02. The van der Waals surface area contributed by atoms with Gasteiger partial charge < -0.3 is 20.1 Å². The number of pyridine rings is 1. The van der Waals surface area contributed by atoms with Gasteiger partial charge in [0.1, 0.15) is 11.5 Å². The topological polar surface area (TPSA) is 89.5 Å². The number of alkyl halides is 3. The zero-order chi connectivity index (χ0) is 24.6. The molecule has 1 aromatic heterocycles.